The minimum absolute atomic E-state index is 0. The van der Waals surface area contributed by atoms with Gasteiger partial charge in [0.1, 0.15) is 0 Å². The van der Waals surface area contributed by atoms with E-state index in [9.17, 15) is 16.8 Å². The molecule has 0 unspecified atom stereocenters. The first-order valence-corrected chi connectivity index (χ1v) is 10.6. The van der Waals surface area contributed by atoms with Crippen LogP contribution in [0.3, 0.4) is 0 Å². The van der Waals surface area contributed by atoms with Crippen LogP contribution in [0.4, 0.5) is 0 Å². The Hall–Kier alpha value is -0.0100. The molecule has 9 nitrogen and oxygen atoms in total. The molecule has 0 heterocycles. The third-order valence-corrected chi connectivity index (χ3v) is 3.70. The molecule has 0 bridgehead atoms. The fourth-order valence-electron chi connectivity index (χ4n) is 0.937. The molecule has 24 heavy (non-hydrogen) atoms. The average molecular weight is 418 g/mol. The van der Waals surface area contributed by atoms with E-state index in [2.05, 4.69) is 5.32 Å². The molecule has 12 heteroatoms. The van der Waals surface area contributed by atoms with E-state index in [0.29, 0.717) is 25.9 Å². The van der Waals surface area contributed by atoms with E-state index in [1.807, 2.05) is 13.8 Å². The molecule has 0 saturated heterocycles. The first-order chi connectivity index (χ1) is 10.5. The summed E-state index contributed by atoms with van der Waals surface area (Å²) in [6, 6.07) is 0. The fourth-order valence-corrected chi connectivity index (χ4v) is 2.24. The van der Waals surface area contributed by atoms with Crippen LogP contribution in [-0.4, -0.2) is 74.0 Å². The summed E-state index contributed by atoms with van der Waals surface area (Å²) >= 11 is 0. The lowest BCUT2D eigenvalue weighted by Crippen LogP contribution is -2.21. The van der Waals surface area contributed by atoms with E-state index < -0.39 is 20.2 Å². The molecule has 152 valence electrons. The highest BCUT2D eigenvalue weighted by atomic mass is 35.5. The molecule has 0 atom stereocenters. The molecule has 0 fully saturated rings. The molecule has 0 aliphatic rings. The lowest BCUT2D eigenvalue weighted by molar-refractivity contribution is 0.266. The van der Waals surface area contributed by atoms with Crippen LogP contribution in [0.1, 0.15) is 39.5 Å². The molecule has 0 rings (SSSR count). The lowest BCUT2D eigenvalue weighted by atomic mass is 10.4. The normalized spacial score (nSPS) is 10.6. The zero-order valence-electron chi connectivity index (χ0n) is 14.2. The van der Waals surface area contributed by atoms with Crippen molar-refractivity contribution in [2.75, 3.05) is 37.8 Å². The highest BCUT2D eigenvalue weighted by Crippen LogP contribution is 1.91. The van der Waals surface area contributed by atoms with Gasteiger partial charge in [0.05, 0.1) is 24.7 Å². The summed E-state index contributed by atoms with van der Waals surface area (Å²) in [5.41, 5.74) is 0. The summed E-state index contributed by atoms with van der Waals surface area (Å²) in [7, 11) is -7.37. The zero-order valence-corrected chi connectivity index (χ0v) is 16.7. The van der Waals surface area contributed by atoms with E-state index in [1.54, 1.807) is 0 Å². The van der Waals surface area contributed by atoms with Crippen molar-refractivity contribution in [3.63, 3.8) is 0 Å². The molecule has 0 aliphatic heterocycles. The Bertz CT molecular complexity index is 388. The van der Waals surface area contributed by atoms with E-state index in [4.69, 9.17) is 19.3 Å². The topological polar surface area (TPSA) is 161 Å². The molecule has 0 aliphatic carbocycles. The molecule has 0 aromatic carbocycles. The summed E-state index contributed by atoms with van der Waals surface area (Å²) in [5, 5.41) is 19.1. The molecule has 0 saturated carbocycles. The maximum Gasteiger partial charge on any atom is 0.264 e. The van der Waals surface area contributed by atoms with Gasteiger partial charge in [-0.3, -0.25) is 9.11 Å². The van der Waals surface area contributed by atoms with Gasteiger partial charge in [0.25, 0.3) is 20.2 Å². The second-order valence-electron chi connectivity index (χ2n) is 4.48. The maximum atomic E-state index is 9.95. The Labute approximate surface area is 151 Å². The molecular weight excluding hydrogens is 386 g/mol. The second kappa shape index (κ2) is 21.0. The van der Waals surface area contributed by atoms with Crippen LogP contribution >= 0.6 is 12.4 Å². The number of hydrogen-bond acceptors (Lipinski definition) is 7. The van der Waals surface area contributed by atoms with Crippen molar-refractivity contribution in [1.29, 1.82) is 0 Å². The van der Waals surface area contributed by atoms with Gasteiger partial charge in [0.15, 0.2) is 0 Å². The van der Waals surface area contributed by atoms with E-state index in [0.717, 1.165) is 12.8 Å². The molecule has 0 amide bonds. The first-order valence-electron chi connectivity index (χ1n) is 7.36. The quantitative estimate of drug-likeness (QED) is 0.249. The van der Waals surface area contributed by atoms with Crippen molar-refractivity contribution in [2.45, 2.75) is 39.5 Å². The number of rotatable bonds is 10. The van der Waals surface area contributed by atoms with E-state index in [-0.39, 0.29) is 37.1 Å². The van der Waals surface area contributed by atoms with Crippen LogP contribution in [0.2, 0.25) is 0 Å². The summed E-state index contributed by atoms with van der Waals surface area (Å²) < 4.78 is 56.0. The zero-order chi connectivity index (χ0) is 18.8. The van der Waals surface area contributed by atoms with Gasteiger partial charge in [-0.2, -0.15) is 16.8 Å². The van der Waals surface area contributed by atoms with Gasteiger partial charge in [-0.15, -0.1) is 12.4 Å². The van der Waals surface area contributed by atoms with Crippen molar-refractivity contribution >= 4 is 32.6 Å². The predicted molar refractivity (Wildman–Crippen MR) is 96.9 cm³/mol. The van der Waals surface area contributed by atoms with Gasteiger partial charge in [-0.1, -0.05) is 26.7 Å². The molecule has 0 aromatic heterocycles. The van der Waals surface area contributed by atoms with Gasteiger partial charge in [-0.25, -0.2) is 0 Å². The minimum atomic E-state index is -3.69. The van der Waals surface area contributed by atoms with Crippen LogP contribution in [0.15, 0.2) is 0 Å². The summed E-state index contributed by atoms with van der Waals surface area (Å²) in [6.07, 6.45) is 2.66. The number of nitrogens with one attached hydrogen (secondary N) is 1. The number of unbranched alkanes of at least 4 members (excludes halogenated alkanes) is 2. The lowest BCUT2D eigenvalue weighted by Gasteiger charge is -1.94. The molecule has 5 N–H and O–H groups in total. The Morgan fingerprint density at radius 2 is 1.04 bits per heavy atom. The van der Waals surface area contributed by atoms with Crippen LogP contribution in [0.5, 0.6) is 0 Å². The number of aliphatic hydroxyl groups is 2. The minimum Gasteiger partial charge on any atom is -0.395 e. The van der Waals surface area contributed by atoms with Crippen LogP contribution in [0, 0.1) is 0 Å². The maximum absolute atomic E-state index is 9.95. The second-order valence-corrected chi connectivity index (χ2v) is 7.62. The average Bonchev–Trinajstić information content (AvgIpc) is 2.43. The van der Waals surface area contributed by atoms with Crippen molar-refractivity contribution < 1.29 is 36.2 Å². The summed E-state index contributed by atoms with van der Waals surface area (Å²) in [5.74, 6) is -0.215. The molecule has 0 aromatic rings. The van der Waals surface area contributed by atoms with Gasteiger partial charge < -0.3 is 15.5 Å². The number of halogens is 1. The highest BCUT2D eigenvalue weighted by molar-refractivity contribution is 7.86. The molecule has 0 radical (unpaired) electrons. The van der Waals surface area contributed by atoms with Crippen LogP contribution < -0.4 is 5.32 Å². The van der Waals surface area contributed by atoms with Crippen molar-refractivity contribution in [3.05, 3.63) is 0 Å². The van der Waals surface area contributed by atoms with Crippen molar-refractivity contribution in [3.8, 4) is 0 Å². The Morgan fingerprint density at radius 3 is 1.17 bits per heavy atom. The Morgan fingerprint density at radius 1 is 0.750 bits per heavy atom. The van der Waals surface area contributed by atoms with Crippen LogP contribution in [-0.2, 0) is 20.2 Å². The third-order valence-electron chi connectivity index (χ3n) is 2.09. The van der Waals surface area contributed by atoms with Gasteiger partial charge >= 0.3 is 0 Å². The first kappa shape index (κ1) is 31.7. The van der Waals surface area contributed by atoms with Gasteiger partial charge in [0, 0.05) is 13.1 Å². The van der Waals surface area contributed by atoms with Crippen molar-refractivity contribution in [1.82, 2.24) is 5.32 Å². The largest absolute Gasteiger partial charge is 0.395 e. The summed E-state index contributed by atoms with van der Waals surface area (Å²) in [6.45, 7) is 5.15. The smallest absolute Gasteiger partial charge is 0.264 e. The van der Waals surface area contributed by atoms with E-state index >= 15 is 0 Å². The van der Waals surface area contributed by atoms with Gasteiger partial charge in [-0.05, 0) is 12.8 Å². The third kappa shape index (κ3) is 49.5. The highest BCUT2D eigenvalue weighted by Gasteiger charge is 2.00. The summed E-state index contributed by atoms with van der Waals surface area (Å²) in [4.78, 5) is 0. The monoisotopic (exact) mass is 417 g/mol. The molecular formula is C12H32ClNO8S2. The van der Waals surface area contributed by atoms with Crippen LogP contribution in [0.25, 0.3) is 0 Å². The van der Waals surface area contributed by atoms with E-state index in [1.165, 1.54) is 0 Å². The SMILES string of the molecule is CCCCS(=O)(=O)O.CCCCS(=O)(=O)O.Cl.OCCNCCO. The standard InChI is InChI=1S/C4H11NO2.2C4H10O3S.ClH/c6-3-1-5-2-4-7;2*1-2-3-4-8(5,6)7;/h5-7H,1-4H2;2*2-4H2,1H3,(H,5,6,7);1H. The Balaban J connectivity index is -0.000000123. The predicted octanol–water partition coefficient (Wildman–Crippen LogP) is 0.331. The number of aliphatic hydroxyl groups excluding tert-OH is 2. The fraction of sp³-hybridized carbons (Fsp3) is 1.00. The van der Waals surface area contributed by atoms with Crippen molar-refractivity contribution in [2.24, 2.45) is 0 Å². The Kier molecular flexibility index (Phi) is 27.8. The van der Waals surface area contributed by atoms with Gasteiger partial charge in [0.2, 0.25) is 0 Å². The number of hydrogen-bond donors (Lipinski definition) is 5. The molecule has 0 spiro atoms.